The molecule has 1 fully saturated rings. The maximum atomic E-state index is 6.14. The van der Waals surface area contributed by atoms with Gasteiger partial charge in [0.15, 0.2) is 0 Å². The van der Waals surface area contributed by atoms with Crippen LogP contribution in [0.15, 0.2) is 0 Å². The van der Waals surface area contributed by atoms with Crippen molar-refractivity contribution in [1.82, 2.24) is 0 Å². The topological polar surface area (TPSA) is 42.3 Å². The number of alkyl halides is 1. The van der Waals surface area contributed by atoms with Crippen molar-refractivity contribution in [2.24, 2.45) is 5.92 Å². The molecule has 0 radical (unpaired) electrons. The first-order valence-electron chi connectivity index (χ1n) is 6.26. The second kappa shape index (κ2) is 21.3. The van der Waals surface area contributed by atoms with Gasteiger partial charge in [-0.1, -0.05) is 12.7 Å². The molecule has 0 amide bonds. The first-order valence-corrected chi connectivity index (χ1v) is 6.69. The van der Waals surface area contributed by atoms with Crippen LogP contribution >= 0.6 is 11.6 Å². The second-order valence-corrected chi connectivity index (χ2v) is 5.00. The van der Waals surface area contributed by atoms with E-state index in [-0.39, 0.29) is 29.1 Å². The van der Waals surface area contributed by atoms with Gasteiger partial charge in [0, 0.05) is 12.2 Å². The summed E-state index contributed by atoms with van der Waals surface area (Å²) >= 11 is 6.14. The molecule has 1 rings (SSSR count). The number of nitrogens with zero attached hydrogens (tertiary/aromatic N) is 3. The van der Waals surface area contributed by atoms with Gasteiger partial charge >= 0.3 is 21.7 Å². The molecule has 0 spiro atoms. The Balaban J connectivity index is -0.000000122. The van der Waals surface area contributed by atoms with Crippen molar-refractivity contribution in [3.05, 3.63) is 23.3 Å². The van der Waals surface area contributed by atoms with Gasteiger partial charge in [-0.05, 0) is 18.8 Å². The van der Waals surface area contributed by atoms with Crippen molar-refractivity contribution < 1.29 is 21.7 Å². The first-order chi connectivity index (χ1) is 8.06. The maximum absolute atomic E-state index is 6.14. The largest absolute Gasteiger partial charge is 4.00 e. The summed E-state index contributed by atoms with van der Waals surface area (Å²) in [4.78, 5) is 0. The van der Waals surface area contributed by atoms with Crippen molar-refractivity contribution in [3.8, 4) is 0 Å². The van der Waals surface area contributed by atoms with E-state index in [0.717, 1.165) is 5.92 Å². The molecule has 0 aromatic heterocycles. The van der Waals surface area contributed by atoms with E-state index in [0.29, 0.717) is 12.2 Å². The molecule has 112 valence electrons. The van der Waals surface area contributed by atoms with Crippen LogP contribution in [-0.2, 0) is 21.7 Å². The Morgan fingerprint density at radius 1 is 1.05 bits per heavy atom. The zero-order valence-electron chi connectivity index (χ0n) is 13.8. The standard InChI is InChI=1S/C8H16BClN.2C2H6N.CH3.Ti/c1-9(11-2)6-7-4-3-5-8(7)10;2*1-3-2;;/h7-8H,3-6H2,1-2H3;2*1-2H3;1H3;/q4*-1;+4/t7-,8?;;;;/m0..../s1. The molecule has 0 aliphatic heterocycles. The smallest absolute Gasteiger partial charge is 0.689 e. The van der Waals surface area contributed by atoms with E-state index in [2.05, 4.69) is 22.7 Å². The van der Waals surface area contributed by atoms with Crippen molar-refractivity contribution in [1.29, 1.82) is 0 Å². The van der Waals surface area contributed by atoms with Crippen LogP contribution in [0, 0.1) is 13.3 Å². The molecule has 0 N–H and O–H groups in total. The zero-order valence-corrected chi connectivity index (χ0v) is 16.1. The first kappa shape index (κ1) is 28.2. The molecular formula is C13H31BClN3Ti. The minimum absolute atomic E-state index is 0. The number of halogens is 1. The van der Waals surface area contributed by atoms with E-state index < -0.39 is 0 Å². The fourth-order valence-electron chi connectivity index (χ4n) is 1.80. The molecule has 3 nitrogen and oxygen atoms in total. The van der Waals surface area contributed by atoms with Crippen LogP contribution in [-0.4, -0.2) is 47.5 Å². The van der Waals surface area contributed by atoms with Gasteiger partial charge in [0.2, 0.25) is 0 Å². The Bertz CT molecular complexity index is 154. The summed E-state index contributed by atoms with van der Waals surface area (Å²) in [6.45, 7) is 2.67. The third-order valence-electron chi connectivity index (χ3n) is 2.65. The summed E-state index contributed by atoms with van der Waals surface area (Å²) in [5, 5.41) is 11.7. The predicted octanol–water partition coefficient (Wildman–Crippen LogP) is 4.71. The molecule has 2 atom stereocenters. The Morgan fingerprint density at radius 3 is 1.74 bits per heavy atom. The van der Waals surface area contributed by atoms with Crippen molar-refractivity contribution >= 4 is 18.4 Å². The second-order valence-electron chi connectivity index (χ2n) is 4.44. The van der Waals surface area contributed by atoms with E-state index >= 15 is 0 Å². The Labute approximate surface area is 142 Å². The van der Waals surface area contributed by atoms with Crippen molar-refractivity contribution in [3.63, 3.8) is 0 Å². The summed E-state index contributed by atoms with van der Waals surface area (Å²) in [6, 6.07) is 0. The molecule has 19 heavy (non-hydrogen) atoms. The molecule has 1 aliphatic rings. The Kier molecular flexibility index (Phi) is 31.5. The summed E-state index contributed by atoms with van der Waals surface area (Å²) in [5.74, 6) is 0.732. The van der Waals surface area contributed by atoms with Crippen LogP contribution in [0.4, 0.5) is 0 Å². The third kappa shape index (κ3) is 18.9. The van der Waals surface area contributed by atoms with Gasteiger partial charge in [-0.3, -0.25) is 0 Å². The van der Waals surface area contributed by atoms with Gasteiger partial charge < -0.3 is 23.3 Å². The van der Waals surface area contributed by atoms with Crippen LogP contribution in [0.25, 0.3) is 15.9 Å². The van der Waals surface area contributed by atoms with Gasteiger partial charge in [0.05, 0.1) is 0 Å². The third-order valence-corrected chi connectivity index (χ3v) is 3.23. The van der Waals surface area contributed by atoms with Crippen LogP contribution in [0.1, 0.15) is 19.3 Å². The molecule has 0 heterocycles. The predicted molar refractivity (Wildman–Crippen MR) is 89.5 cm³/mol. The molecule has 6 heteroatoms. The number of rotatable bonds is 3. The molecule has 0 aromatic rings. The molecule has 0 bridgehead atoms. The number of hydrogen-bond donors (Lipinski definition) is 0. The van der Waals surface area contributed by atoms with Crippen LogP contribution in [0.3, 0.4) is 0 Å². The quantitative estimate of drug-likeness (QED) is 0.410. The molecular weight excluding hydrogens is 292 g/mol. The van der Waals surface area contributed by atoms with Crippen molar-refractivity contribution in [2.45, 2.75) is 37.8 Å². The van der Waals surface area contributed by atoms with Crippen LogP contribution in [0.2, 0.25) is 13.1 Å². The molecule has 1 aliphatic carbocycles. The van der Waals surface area contributed by atoms with Crippen LogP contribution < -0.4 is 0 Å². The summed E-state index contributed by atoms with van der Waals surface area (Å²) in [7, 11) is 8.89. The monoisotopic (exact) mass is 323 g/mol. The van der Waals surface area contributed by atoms with E-state index in [1.54, 1.807) is 28.2 Å². The van der Waals surface area contributed by atoms with E-state index in [1.165, 1.54) is 25.6 Å². The molecule has 0 saturated heterocycles. The average Bonchev–Trinajstić information content (AvgIpc) is 2.66. The summed E-state index contributed by atoms with van der Waals surface area (Å²) in [6.07, 6.45) is 5.02. The molecule has 1 saturated carbocycles. The minimum Gasteiger partial charge on any atom is -0.689 e. The van der Waals surface area contributed by atoms with Gasteiger partial charge in [-0.2, -0.15) is 35.2 Å². The van der Waals surface area contributed by atoms with E-state index in [1.807, 2.05) is 7.05 Å². The van der Waals surface area contributed by atoms with Crippen LogP contribution in [0.5, 0.6) is 0 Å². The average molecular weight is 324 g/mol. The van der Waals surface area contributed by atoms with E-state index in [9.17, 15) is 0 Å². The fraction of sp³-hybridized carbons (Fsp3) is 0.923. The van der Waals surface area contributed by atoms with Gasteiger partial charge in [0.25, 0.3) is 0 Å². The summed E-state index contributed by atoms with van der Waals surface area (Å²) < 4.78 is 0. The fourth-order valence-corrected chi connectivity index (χ4v) is 2.18. The van der Waals surface area contributed by atoms with Gasteiger partial charge in [0.1, 0.15) is 0 Å². The minimum atomic E-state index is 0. The maximum Gasteiger partial charge on any atom is 4.00 e. The SMILES string of the molecule is C[N-]B(C)C[C@@H]1CCCC1Cl.C[N-]C.C[N-]C.[CH3-].[Ti+4]. The van der Waals surface area contributed by atoms with E-state index in [4.69, 9.17) is 11.6 Å². The number of hydrogen-bond acceptors (Lipinski definition) is 0. The summed E-state index contributed by atoms with van der Waals surface area (Å²) in [5.41, 5.74) is 0. The molecule has 0 aromatic carbocycles. The zero-order chi connectivity index (χ0) is 13.7. The molecule has 1 unspecified atom stereocenters. The normalized spacial score (nSPS) is 19.7. The Morgan fingerprint density at radius 2 is 1.47 bits per heavy atom. The Hall–Kier alpha value is 0.949. The van der Waals surface area contributed by atoms with Crippen molar-refractivity contribution in [2.75, 3.05) is 35.2 Å². The van der Waals surface area contributed by atoms with Gasteiger partial charge in [-0.25, -0.2) is 0 Å². The van der Waals surface area contributed by atoms with Gasteiger partial charge in [-0.15, -0.1) is 18.4 Å².